The van der Waals surface area contributed by atoms with E-state index in [1.807, 2.05) is 66.7 Å². The summed E-state index contributed by atoms with van der Waals surface area (Å²) in [6.07, 6.45) is 0.159. The lowest BCUT2D eigenvalue weighted by Gasteiger charge is -2.33. The Morgan fingerprint density at radius 2 is 1.55 bits per heavy atom. The summed E-state index contributed by atoms with van der Waals surface area (Å²) in [5.74, 6) is -1.84. The van der Waals surface area contributed by atoms with Gasteiger partial charge >= 0.3 is 0 Å². The Kier molecular flexibility index (Phi) is 7.15. The van der Waals surface area contributed by atoms with Crippen LogP contribution < -0.4 is 9.80 Å². The van der Waals surface area contributed by atoms with Crippen LogP contribution in [0.3, 0.4) is 0 Å². The second-order valence-electron chi connectivity index (χ2n) is 10.1. The van der Waals surface area contributed by atoms with Crippen LogP contribution in [0.5, 0.6) is 0 Å². The first kappa shape index (κ1) is 26.9. The van der Waals surface area contributed by atoms with Gasteiger partial charge in [-0.3, -0.25) is 19.3 Å². The molecule has 0 spiro atoms. The van der Waals surface area contributed by atoms with Crippen LogP contribution in [0.25, 0.3) is 0 Å². The molecular weight excluding hydrogens is 656 g/mol. The van der Waals surface area contributed by atoms with Crippen LogP contribution in [0.15, 0.2) is 106 Å². The number of rotatable bonds is 6. The van der Waals surface area contributed by atoms with Crippen molar-refractivity contribution in [2.75, 3.05) is 9.80 Å². The fourth-order valence-corrected chi connectivity index (χ4v) is 6.77. The first-order valence-corrected chi connectivity index (χ1v) is 14.8. The van der Waals surface area contributed by atoms with Gasteiger partial charge in [-0.25, -0.2) is 0 Å². The molecule has 4 aromatic carbocycles. The Labute approximate surface area is 254 Å². The molecule has 0 unspecified atom stereocenters. The molecule has 2 heterocycles. The van der Waals surface area contributed by atoms with Crippen molar-refractivity contribution in [2.45, 2.75) is 24.8 Å². The van der Waals surface area contributed by atoms with E-state index in [9.17, 15) is 14.4 Å². The fourth-order valence-electron chi connectivity index (χ4n) is 5.95. The van der Waals surface area contributed by atoms with Crippen molar-refractivity contribution < 1.29 is 14.4 Å². The van der Waals surface area contributed by atoms with Gasteiger partial charge in [-0.1, -0.05) is 92.0 Å². The Morgan fingerprint density at radius 3 is 2.27 bits per heavy atom. The molecule has 2 atom stereocenters. The first-order chi connectivity index (χ1) is 19.3. The lowest BCUT2D eigenvalue weighted by molar-refractivity contribution is -0.131. The third kappa shape index (κ3) is 4.60. The van der Waals surface area contributed by atoms with E-state index in [1.54, 1.807) is 35.2 Å². The zero-order valence-electron chi connectivity index (χ0n) is 21.2. The molecule has 0 N–H and O–H groups in total. The number of amides is 3. The Hall–Kier alpha value is -3.26. The largest absolute Gasteiger partial charge is 0.307 e. The van der Waals surface area contributed by atoms with Crippen molar-refractivity contribution in [3.63, 3.8) is 0 Å². The summed E-state index contributed by atoms with van der Waals surface area (Å²) in [5, 5.41) is 0.467. The second-order valence-corrected chi connectivity index (χ2v) is 12.4. The van der Waals surface area contributed by atoms with Gasteiger partial charge < -0.3 is 4.90 Å². The van der Waals surface area contributed by atoms with Gasteiger partial charge in [0.15, 0.2) is 0 Å². The third-order valence-corrected chi connectivity index (χ3v) is 9.00. The minimum Gasteiger partial charge on any atom is -0.307 e. The quantitative estimate of drug-likeness (QED) is 0.199. The van der Waals surface area contributed by atoms with E-state index >= 15 is 0 Å². The molecular formula is C32H23Br2ClN2O3. The van der Waals surface area contributed by atoms with Crippen LogP contribution in [0, 0.1) is 5.92 Å². The van der Waals surface area contributed by atoms with E-state index in [0.717, 1.165) is 20.1 Å². The lowest BCUT2D eigenvalue weighted by Crippen LogP contribution is -2.50. The third-order valence-electron chi connectivity index (χ3n) is 7.74. The summed E-state index contributed by atoms with van der Waals surface area (Å²) in [7, 11) is 0. The van der Waals surface area contributed by atoms with Gasteiger partial charge in [0, 0.05) is 26.1 Å². The molecule has 0 radical (unpaired) electrons. The van der Waals surface area contributed by atoms with Gasteiger partial charge in [-0.15, -0.1) is 0 Å². The highest BCUT2D eigenvalue weighted by Crippen LogP contribution is 2.53. The van der Waals surface area contributed by atoms with Crippen LogP contribution in [-0.4, -0.2) is 17.7 Å². The van der Waals surface area contributed by atoms with Gasteiger partial charge in [-0.2, -0.15) is 0 Å². The van der Waals surface area contributed by atoms with Gasteiger partial charge in [0.25, 0.3) is 0 Å². The number of hydrogen-bond acceptors (Lipinski definition) is 3. The van der Waals surface area contributed by atoms with E-state index in [2.05, 4.69) is 31.9 Å². The molecule has 8 heteroatoms. The van der Waals surface area contributed by atoms with Crippen molar-refractivity contribution in [3.8, 4) is 0 Å². The van der Waals surface area contributed by atoms with Crippen LogP contribution in [-0.2, 0) is 32.8 Å². The summed E-state index contributed by atoms with van der Waals surface area (Å²) < 4.78 is 1.66. The summed E-state index contributed by atoms with van der Waals surface area (Å²) in [5.41, 5.74) is 2.37. The fraction of sp³-hybridized carbons (Fsp3) is 0.156. The number of imide groups is 1. The van der Waals surface area contributed by atoms with E-state index in [-0.39, 0.29) is 30.6 Å². The molecule has 6 rings (SSSR count). The van der Waals surface area contributed by atoms with Gasteiger partial charge in [0.2, 0.25) is 17.7 Å². The number of carbonyl (C=O) groups is 3. The minimum absolute atomic E-state index is 0.0846. The van der Waals surface area contributed by atoms with Gasteiger partial charge in [0.1, 0.15) is 0 Å². The molecule has 0 aromatic heterocycles. The smallest absolute Gasteiger partial charge is 0.239 e. The summed E-state index contributed by atoms with van der Waals surface area (Å²) >= 11 is 13.5. The number of halogens is 3. The predicted octanol–water partition coefficient (Wildman–Crippen LogP) is 7.47. The predicted molar refractivity (Wildman–Crippen MR) is 163 cm³/mol. The average Bonchev–Trinajstić information content (AvgIpc) is 3.36. The molecule has 4 aromatic rings. The molecule has 2 aliphatic rings. The molecule has 5 nitrogen and oxygen atoms in total. The first-order valence-electron chi connectivity index (χ1n) is 12.8. The SMILES string of the molecule is O=C1C[C@H]([C@]2(Cc3ccc(Br)cc3)C(=O)N(Cc3ccccc3)c3ccc(Cl)cc32)C(=O)N1c1cccc(Br)c1. The van der Waals surface area contributed by atoms with Crippen molar-refractivity contribution in [1.29, 1.82) is 0 Å². The molecule has 0 saturated carbocycles. The zero-order chi connectivity index (χ0) is 28.0. The summed E-state index contributed by atoms with van der Waals surface area (Å²) in [6.45, 7) is 0.334. The topological polar surface area (TPSA) is 57.7 Å². The molecule has 3 amide bonds. The van der Waals surface area contributed by atoms with Crippen molar-refractivity contribution >= 4 is 72.6 Å². The lowest BCUT2D eigenvalue weighted by atomic mass is 9.66. The number of benzene rings is 4. The van der Waals surface area contributed by atoms with E-state index in [4.69, 9.17) is 11.6 Å². The van der Waals surface area contributed by atoms with Crippen LogP contribution in [0.2, 0.25) is 5.02 Å². The average molecular weight is 679 g/mol. The maximum Gasteiger partial charge on any atom is 0.239 e. The number of hydrogen-bond donors (Lipinski definition) is 0. The van der Waals surface area contributed by atoms with Crippen molar-refractivity contribution in [1.82, 2.24) is 0 Å². The highest BCUT2D eigenvalue weighted by Gasteiger charge is 2.61. The van der Waals surface area contributed by atoms with Crippen molar-refractivity contribution in [2.24, 2.45) is 5.92 Å². The summed E-state index contributed by atoms with van der Waals surface area (Å²) in [4.78, 5) is 45.5. The number of anilines is 2. The molecule has 2 aliphatic heterocycles. The van der Waals surface area contributed by atoms with Gasteiger partial charge in [-0.05, 0) is 71.6 Å². The number of nitrogens with zero attached hydrogens (tertiary/aromatic N) is 2. The monoisotopic (exact) mass is 676 g/mol. The van der Waals surface area contributed by atoms with Crippen LogP contribution in [0.1, 0.15) is 23.1 Å². The highest BCUT2D eigenvalue weighted by molar-refractivity contribution is 9.10. The minimum atomic E-state index is -1.32. The molecule has 1 saturated heterocycles. The number of carbonyl (C=O) groups excluding carboxylic acids is 3. The molecule has 40 heavy (non-hydrogen) atoms. The second kappa shape index (κ2) is 10.6. The van der Waals surface area contributed by atoms with E-state index in [1.165, 1.54) is 4.90 Å². The van der Waals surface area contributed by atoms with Crippen LogP contribution in [0.4, 0.5) is 11.4 Å². The van der Waals surface area contributed by atoms with Crippen molar-refractivity contribution in [3.05, 3.63) is 128 Å². The number of fused-ring (bicyclic) bond motifs is 1. The summed E-state index contributed by atoms with van der Waals surface area (Å²) in [6, 6.07) is 29.9. The molecule has 1 fully saturated rings. The Balaban J connectivity index is 1.52. The normalized spacial score (nSPS) is 20.4. The maximum atomic E-state index is 14.8. The maximum absolute atomic E-state index is 14.8. The zero-order valence-corrected chi connectivity index (χ0v) is 25.1. The molecule has 0 bridgehead atoms. The van der Waals surface area contributed by atoms with Crippen LogP contribution >= 0.6 is 43.5 Å². The molecule has 200 valence electrons. The van der Waals surface area contributed by atoms with Gasteiger partial charge in [0.05, 0.1) is 23.6 Å². The Morgan fingerprint density at radius 1 is 0.800 bits per heavy atom. The Bertz CT molecular complexity index is 1640. The molecule has 0 aliphatic carbocycles. The standard InChI is InChI=1S/C32H23Br2ClN2O3/c33-22-11-9-20(10-12-22)18-32(27-17-29(38)37(30(27)39)25-8-4-7-23(34)15-25)26-16-24(35)13-14-28(26)36(31(32)40)19-21-5-2-1-3-6-21/h1-16,27H,17-19H2/t27-,32+/m0/s1. The van der Waals surface area contributed by atoms with E-state index in [0.29, 0.717) is 28.5 Å². The van der Waals surface area contributed by atoms with E-state index < -0.39 is 11.3 Å². The highest BCUT2D eigenvalue weighted by atomic mass is 79.9.